The number of rotatable bonds is 4. The Kier molecular flexibility index (Phi) is 5.78. The van der Waals surface area contributed by atoms with Gasteiger partial charge in [0.25, 0.3) is 0 Å². The van der Waals surface area contributed by atoms with Crippen LogP contribution in [0.5, 0.6) is 0 Å². The molecule has 1 saturated heterocycles. The lowest BCUT2D eigenvalue weighted by atomic mass is 10.1. The number of aromatic nitrogens is 2. The van der Waals surface area contributed by atoms with Gasteiger partial charge in [-0.1, -0.05) is 53.0 Å². The van der Waals surface area contributed by atoms with E-state index >= 15 is 0 Å². The molecule has 0 atom stereocenters. The highest BCUT2D eigenvalue weighted by Gasteiger charge is 2.22. The molecule has 3 aromatic rings. The number of halogens is 3. The summed E-state index contributed by atoms with van der Waals surface area (Å²) in [5.41, 5.74) is 2.51. The van der Waals surface area contributed by atoms with Gasteiger partial charge in [-0.15, -0.1) is 0 Å². The Hall–Kier alpha value is -1.79. The number of hydrogen-bond donors (Lipinski definition) is 0. The van der Waals surface area contributed by atoms with Crippen LogP contribution in [0.4, 0.5) is 0 Å². The second kappa shape index (κ2) is 8.29. The zero-order valence-corrected chi connectivity index (χ0v) is 17.4. The van der Waals surface area contributed by atoms with Crippen molar-refractivity contribution in [2.75, 3.05) is 26.2 Å². The summed E-state index contributed by atoms with van der Waals surface area (Å²) in [6.07, 6.45) is 4.08. The molecule has 0 saturated carbocycles. The van der Waals surface area contributed by atoms with Crippen LogP contribution >= 0.6 is 34.8 Å². The molecular weight excluding hydrogens is 419 g/mol. The van der Waals surface area contributed by atoms with Crippen LogP contribution in [0.2, 0.25) is 15.1 Å². The van der Waals surface area contributed by atoms with Gasteiger partial charge >= 0.3 is 0 Å². The molecule has 4 rings (SSSR count). The fraction of sp³-hybridized carbons (Fsp3) is 0.300. The lowest BCUT2D eigenvalue weighted by Gasteiger charge is -2.34. The molecule has 5 nitrogen and oxygen atoms in total. The Balaban J connectivity index is 1.35. The first kappa shape index (κ1) is 19.5. The Morgan fingerprint density at radius 2 is 1.75 bits per heavy atom. The van der Waals surface area contributed by atoms with Crippen LogP contribution in [0.3, 0.4) is 0 Å². The van der Waals surface area contributed by atoms with E-state index in [9.17, 15) is 4.79 Å². The number of carbonyl (C=O) groups excluding carboxylic acids is 1. The molecule has 0 spiro atoms. The summed E-state index contributed by atoms with van der Waals surface area (Å²) in [4.78, 5) is 21.4. The van der Waals surface area contributed by atoms with Gasteiger partial charge in [-0.2, -0.15) is 0 Å². The van der Waals surface area contributed by atoms with E-state index < -0.39 is 0 Å². The van der Waals surface area contributed by atoms with E-state index in [1.807, 2.05) is 39.8 Å². The fourth-order valence-corrected chi connectivity index (χ4v) is 4.18. The topological polar surface area (TPSA) is 40.9 Å². The standard InChI is InChI=1S/C20H19Cl3N4O/c21-15-10-18(23)20-24-16(13-27(20)11-15)12-25-5-7-26(8-6-25)19(28)9-14-3-1-2-4-17(14)22/h1-4,10-11,13H,5-9,12H2. The van der Waals surface area contributed by atoms with Crippen molar-refractivity contribution in [3.05, 3.63) is 69.1 Å². The van der Waals surface area contributed by atoms with E-state index in [0.29, 0.717) is 46.8 Å². The summed E-state index contributed by atoms with van der Waals surface area (Å²) >= 11 is 18.4. The molecule has 1 aliphatic heterocycles. The zero-order chi connectivity index (χ0) is 19.7. The second-order valence-electron chi connectivity index (χ2n) is 6.89. The molecule has 1 amide bonds. The quantitative estimate of drug-likeness (QED) is 0.615. The molecule has 1 aliphatic rings. The molecule has 0 unspecified atom stereocenters. The van der Waals surface area contributed by atoms with Crippen LogP contribution in [-0.4, -0.2) is 51.3 Å². The maximum absolute atomic E-state index is 12.6. The smallest absolute Gasteiger partial charge is 0.227 e. The molecule has 2 aromatic heterocycles. The normalized spacial score (nSPS) is 15.3. The minimum Gasteiger partial charge on any atom is -0.340 e. The Bertz CT molecular complexity index is 1010. The monoisotopic (exact) mass is 436 g/mol. The molecule has 28 heavy (non-hydrogen) atoms. The number of pyridine rings is 1. The Labute approximate surface area is 178 Å². The Morgan fingerprint density at radius 3 is 2.50 bits per heavy atom. The predicted molar refractivity (Wildman–Crippen MR) is 112 cm³/mol. The van der Waals surface area contributed by atoms with Crippen molar-refractivity contribution in [1.82, 2.24) is 19.2 Å². The van der Waals surface area contributed by atoms with Crippen LogP contribution in [-0.2, 0) is 17.8 Å². The van der Waals surface area contributed by atoms with Gasteiger partial charge in [0.15, 0.2) is 5.65 Å². The molecule has 0 bridgehead atoms. The van der Waals surface area contributed by atoms with Gasteiger partial charge in [0.1, 0.15) is 0 Å². The zero-order valence-electron chi connectivity index (χ0n) is 15.1. The van der Waals surface area contributed by atoms with E-state index in [-0.39, 0.29) is 5.91 Å². The first-order valence-electron chi connectivity index (χ1n) is 9.06. The van der Waals surface area contributed by atoms with Gasteiger partial charge in [0, 0.05) is 50.1 Å². The van der Waals surface area contributed by atoms with Gasteiger partial charge in [0.2, 0.25) is 5.91 Å². The van der Waals surface area contributed by atoms with Crippen LogP contribution in [0.15, 0.2) is 42.7 Å². The highest BCUT2D eigenvalue weighted by Crippen LogP contribution is 2.22. The lowest BCUT2D eigenvalue weighted by molar-refractivity contribution is -0.132. The number of imidazole rings is 1. The average molecular weight is 438 g/mol. The van der Waals surface area contributed by atoms with E-state index in [2.05, 4.69) is 9.88 Å². The highest BCUT2D eigenvalue weighted by molar-refractivity contribution is 6.36. The number of piperazine rings is 1. The number of benzene rings is 1. The predicted octanol–water partition coefficient (Wildman–Crippen LogP) is 4.18. The number of fused-ring (bicyclic) bond motifs is 1. The van der Waals surface area contributed by atoms with Crippen molar-refractivity contribution in [2.24, 2.45) is 0 Å². The van der Waals surface area contributed by atoms with E-state index in [0.717, 1.165) is 24.3 Å². The van der Waals surface area contributed by atoms with Crippen molar-refractivity contribution in [3.63, 3.8) is 0 Å². The van der Waals surface area contributed by atoms with E-state index in [1.54, 1.807) is 12.3 Å². The van der Waals surface area contributed by atoms with Crippen LogP contribution in [0.25, 0.3) is 5.65 Å². The number of amides is 1. The molecule has 0 radical (unpaired) electrons. The maximum atomic E-state index is 12.6. The Morgan fingerprint density at radius 1 is 1.00 bits per heavy atom. The summed E-state index contributed by atoms with van der Waals surface area (Å²) in [5.74, 6) is 0.113. The summed E-state index contributed by atoms with van der Waals surface area (Å²) < 4.78 is 1.85. The highest BCUT2D eigenvalue weighted by atomic mass is 35.5. The van der Waals surface area contributed by atoms with E-state index in [4.69, 9.17) is 34.8 Å². The van der Waals surface area contributed by atoms with Crippen molar-refractivity contribution in [3.8, 4) is 0 Å². The lowest BCUT2D eigenvalue weighted by Crippen LogP contribution is -2.48. The molecular formula is C20H19Cl3N4O. The third kappa shape index (κ3) is 4.28. The molecule has 146 valence electrons. The van der Waals surface area contributed by atoms with Gasteiger partial charge in [-0.3, -0.25) is 9.69 Å². The number of carbonyl (C=O) groups is 1. The minimum absolute atomic E-state index is 0.113. The first-order chi connectivity index (χ1) is 13.5. The van der Waals surface area contributed by atoms with Crippen molar-refractivity contribution < 1.29 is 4.79 Å². The third-order valence-electron chi connectivity index (χ3n) is 4.93. The summed E-state index contributed by atoms with van der Waals surface area (Å²) in [6, 6.07) is 9.18. The van der Waals surface area contributed by atoms with Crippen LogP contribution < -0.4 is 0 Å². The SMILES string of the molecule is O=C(Cc1ccccc1Cl)N1CCN(Cc2cn3cc(Cl)cc(Cl)c3n2)CC1. The van der Waals surface area contributed by atoms with Gasteiger partial charge in [-0.25, -0.2) is 4.98 Å². The van der Waals surface area contributed by atoms with E-state index in [1.165, 1.54) is 0 Å². The van der Waals surface area contributed by atoms with Crippen LogP contribution in [0.1, 0.15) is 11.3 Å². The largest absolute Gasteiger partial charge is 0.340 e. The molecule has 0 aliphatic carbocycles. The molecule has 3 heterocycles. The third-order valence-corrected chi connectivity index (χ3v) is 5.79. The van der Waals surface area contributed by atoms with Crippen LogP contribution in [0, 0.1) is 0 Å². The number of nitrogens with zero attached hydrogens (tertiary/aromatic N) is 4. The minimum atomic E-state index is 0.113. The summed E-state index contributed by atoms with van der Waals surface area (Å²) in [7, 11) is 0. The molecule has 0 N–H and O–H groups in total. The van der Waals surface area contributed by atoms with Crippen molar-refractivity contribution in [1.29, 1.82) is 0 Å². The van der Waals surface area contributed by atoms with Crippen molar-refractivity contribution >= 4 is 46.4 Å². The van der Waals surface area contributed by atoms with Crippen molar-refractivity contribution in [2.45, 2.75) is 13.0 Å². The summed E-state index contributed by atoms with van der Waals surface area (Å²) in [6.45, 7) is 3.71. The molecule has 8 heteroatoms. The number of hydrogen-bond acceptors (Lipinski definition) is 3. The molecule has 1 aromatic carbocycles. The first-order valence-corrected chi connectivity index (χ1v) is 10.2. The fourth-order valence-electron chi connectivity index (χ4n) is 3.45. The van der Waals surface area contributed by atoms with Gasteiger partial charge < -0.3 is 9.30 Å². The maximum Gasteiger partial charge on any atom is 0.227 e. The van der Waals surface area contributed by atoms with Gasteiger partial charge in [0.05, 0.1) is 22.2 Å². The van der Waals surface area contributed by atoms with Gasteiger partial charge in [-0.05, 0) is 17.7 Å². The molecule has 1 fully saturated rings. The second-order valence-corrected chi connectivity index (χ2v) is 8.15. The average Bonchev–Trinajstić information content (AvgIpc) is 3.07. The summed E-state index contributed by atoms with van der Waals surface area (Å²) in [5, 5.41) is 1.75.